The van der Waals surface area contributed by atoms with Crippen LogP contribution < -0.4 is 5.32 Å². The Bertz CT molecular complexity index is 645. The first kappa shape index (κ1) is 18.4. The van der Waals surface area contributed by atoms with Crippen LogP contribution in [0.2, 0.25) is 0 Å². The summed E-state index contributed by atoms with van der Waals surface area (Å²) in [7, 11) is 0. The Hall–Kier alpha value is -1.93. The van der Waals surface area contributed by atoms with Crippen molar-refractivity contribution in [3.05, 3.63) is 64.1 Å². The van der Waals surface area contributed by atoms with E-state index in [0.717, 1.165) is 22.8 Å². The van der Waals surface area contributed by atoms with Crippen molar-refractivity contribution < 1.29 is 14.1 Å². The highest BCUT2D eigenvalue weighted by molar-refractivity contribution is 7.99. The Morgan fingerprint density at radius 3 is 2.62 bits per heavy atom. The van der Waals surface area contributed by atoms with Crippen LogP contribution in [0.4, 0.5) is 5.69 Å². The number of nitrogens with one attached hydrogen (secondary N) is 1. The van der Waals surface area contributed by atoms with Gasteiger partial charge in [0.2, 0.25) is 5.91 Å². The van der Waals surface area contributed by atoms with Gasteiger partial charge in [0.1, 0.15) is 5.76 Å². The fourth-order valence-electron chi connectivity index (χ4n) is 1.86. The molecule has 0 radical (unpaired) electrons. The van der Waals surface area contributed by atoms with E-state index in [0.29, 0.717) is 18.1 Å². The molecule has 1 amide bonds. The van der Waals surface area contributed by atoms with E-state index in [1.807, 2.05) is 12.1 Å². The van der Waals surface area contributed by atoms with E-state index in [1.165, 1.54) is 23.9 Å². The standard InChI is InChI=1S/C16H18N2O4S2/c19-16(17-7-9-23-11-15-2-1-8-22-15)12-24-10-13-3-5-14(6-4-13)18(20)21/h1-6,8H,7,9-12H2,(H,17,19). The second-order valence-electron chi connectivity index (χ2n) is 4.90. The minimum Gasteiger partial charge on any atom is -0.468 e. The van der Waals surface area contributed by atoms with Gasteiger partial charge >= 0.3 is 0 Å². The number of hydrogen-bond donors (Lipinski definition) is 1. The monoisotopic (exact) mass is 366 g/mol. The van der Waals surface area contributed by atoms with E-state index >= 15 is 0 Å². The van der Waals surface area contributed by atoms with Gasteiger partial charge in [0, 0.05) is 30.2 Å². The van der Waals surface area contributed by atoms with Crippen molar-refractivity contribution in [3.63, 3.8) is 0 Å². The highest BCUT2D eigenvalue weighted by atomic mass is 32.2. The average molecular weight is 366 g/mol. The van der Waals surface area contributed by atoms with Gasteiger partial charge in [-0.25, -0.2) is 0 Å². The number of nitro groups is 1. The third-order valence-corrected chi connectivity index (χ3v) is 5.03. The third kappa shape index (κ3) is 6.67. The molecule has 1 heterocycles. The van der Waals surface area contributed by atoms with E-state index in [-0.39, 0.29) is 11.6 Å². The van der Waals surface area contributed by atoms with Gasteiger partial charge in [-0.1, -0.05) is 12.1 Å². The van der Waals surface area contributed by atoms with Crippen molar-refractivity contribution >= 4 is 35.1 Å². The van der Waals surface area contributed by atoms with Crippen LogP contribution in [0.3, 0.4) is 0 Å². The van der Waals surface area contributed by atoms with Crippen LogP contribution in [-0.2, 0) is 16.3 Å². The summed E-state index contributed by atoms with van der Waals surface area (Å²) in [6, 6.07) is 10.2. The molecule has 24 heavy (non-hydrogen) atoms. The number of carbonyl (C=O) groups is 1. The van der Waals surface area contributed by atoms with Gasteiger partial charge in [0.15, 0.2) is 0 Å². The van der Waals surface area contributed by atoms with E-state index in [1.54, 1.807) is 30.2 Å². The smallest absolute Gasteiger partial charge is 0.269 e. The zero-order valence-corrected chi connectivity index (χ0v) is 14.6. The van der Waals surface area contributed by atoms with Crippen LogP contribution in [0.25, 0.3) is 0 Å². The molecule has 6 nitrogen and oxygen atoms in total. The van der Waals surface area contributed by atoms with E-state index in [2.05, 4.69) is 5.32 Å². The maximum Gasteiger partial charge on any atom is 0.269 e. The Morgan fingerprint density at radius 1 is 1.17 bits per heavy atom. The van der Waals surface area contributed by atoms with Crippen molar-refractivity contribution in [3.8, 4) is 0 Å². The largest absolute Gasteiger partial charge is 0.468 e. The average Bonchev–Trinajstić information content (AvgIpc) is 3.08. The molecule has 128 valence electrons. The molecule has 0 unspecified atom stereocenters. The van der Waals surface area contributed by atoms with Crippen molar-refractivity contribution in [1.82, 2.24) is 5.32 Å². The molecule has 0 aliphatic carbocycles. The lowest BCUT2D eigenvalue weighted by Gasteiger charge is -2.05. The molecule has 0 spiro atoms. The summed E-state index contributed by atoms with van der Waals surface area (Å²) in [6.07, 6.45) is 1.65. The Labute approximate surface area is 148 Å². The summed E-state index contributed by atoms with van der Waals surface area (Å²) in [5.74, 6) is 3.60. The lowest BCUT2D eigenvalue weighted by Crippen LogP contribution is -2.27. The zero-order valence-electron chi connectivity index (χ0n) is 13.0. The molecule has 0 fully saturated rings. The summed E-state index contributed by atoms with van der Waals surface area (Å²) in [6.45, 7) is 0.627. The van der Waals surface area contributed by atoms with Gasteiger partial charge < -0.3 is 9.73 Å². The first-order valence-electron chi connectivity index (χ1n) is 7.33. The molecule has 0 saturated carbocycles. The number of nitro benzene ring substituents is 1. The topological polar surface area (TPSA) is 85.4 Å². The minimum atomic E-state index is -0.422. The number of thioether (sulfide) groups is 2. The van der Waals surface area contributed by atoms with Crippen LogP contribution >= 0.6 is 23.5 Å². The third-order valence-electron chi connectivity index (χ3n) is 3.04. The molecule has 2 rings (SSSR count). The van der Waals surface area contributed by atoms with Crippen LogP contribution in [0, 0.1) is 10.1 Å². The SMILES string of the molecule is O=C(CSCc1ccc([N+](=O)[O-])cc1)NCCSCc1ccco1. The lowest BCUT2D eigenvalue weighted by atomic mass is 10.2. The number of furan rings is 1. The van der Waals surface area contributed by atoms with E-state index in [4.69, 9.17) is 4.42 Å². The highest BCUT2D eigenvalue weighted by Gasteiger charge is 2.05. The summed E-state index contributed by atoms with van der Waals surface area (Å²) >= 11 is 3.19. The predicted molar refractivity (Wildman–Crippen MR) is 97.1 cm³/mol. The van der Waals surface area contributed by atoms with Crippen LogP contribution in [-0.4, -0.2) is 28.9 Å². The molecule has 0 atom stereocenters. The number of hydrogen-bond acceptors (Lipinski definition) is 6. The number of non-ortho nitro benzene ring substituents is 1. The van der Waals surface area contributed by atoms with Crippen molar-refractivity contribution in [1.29, 1.82) is 0 Å². The molecule has 1 N–H and O–H groups in total. The first-order chi connectivity index (χ1) is 11.6. The summed E-state index contributed by atoms with van der Waals surface area (Å²) < 4.78 is 5.23. The molecule has 0 bridgehead atoms. The second-order valence-corrected chi connectivity index (χ2v) is 6.99. The molecule has 1 aromatic carbocycles. The molecule has 8 heteroatoms. The van der Waals surface area contributed by atoms with Crippen LogP contribution in [0.5, 0.6) is 0 Å². The van der Waals surface area contributed by atoms with Crippen LogP contribution in [0.1, 0.15) is 11.3 Å². The molecule has 0 aliphatic heterocycles. The molecule has 1 aromatic heterocycles. The van der Waals surface area contributed by atoms with Crippen LogP contribution in [0.15, 0.2) is 47.1 Å². The zero-order chi connectivity index (χ0) is 17.2. The molecule has 2 aromatic rings. The normalized spacial score (nSPS) is 10.5. The van der Waals surface area contributed by atoms with Gasteiger partial charge in [-0.2, -0.15) is 11.8 Å². The first-order valence-corrected chi connectivity index (χ1v) is 9.64. The number of nitrogens with zero attached hydrogens (tertiary/aromatic N) is 1. The number of rotatable bonds is 10. The molecule has 0 aliphatic rings. The number of amides is 1. The molecular formula is C16H18N2O4S2. The molecule has 0 saturated heterocycles. The van der Waals surface area contributed by atoms with Crippen molar-refractivity contribution in [2.75, 3.05) is 18.1 Å². The fourth-order valence-corrected chi connectivity index (χ4v) is 3.43. The quantitative estimate of drug-likeness (QED) is 0.394. The lowest BCUT2D eigenvalue weighted by molar-refractivity contribution is -0.384. The predicted octanol–water partition coefficient (Wildman–Crippen LogP) is 3.47. The van der Waals surface area contributed by atoms with Gasteiger partial charge in [0.05, 0.1) is 22.7 Å². The van der Waals surface area contributed by atoms with E-state index in [9.17, 15) is 14.9 Å². The van der Waals surface area contributed by atoms with E-state index < -0.39 is 4.92 Å². The Morgan fingerprint density at radius 2 is 1.96 bits per heavy atom. The van der Waals surface area contributed by atoms with Crippen molar-refractivity contribution in [2.45, 2.75) is 11.5 Å². The number of benzene rings is 1. The highest BCUT2D eigenvalue weighted by Crippen LogP contribution is 2.16. The van der Waals surface area contributed by atoms with Gasteiger partial charge in [-0.05, 0) is 17.7 Å². The fraction of sp³-hybridized carbons (Fsp3) is 0.312. The number of carbonyl (C=O) groups excluding carboxylic acids is 1. The maximum absolute atomic E-state index is 11.7. The minimum absolute atomic E-state index is 0.000472. The summed E-state index contributed by atoms with van der Waals surface area (Å²) in [5.41, 5.74) is 1.04. The Kier molecular flexibility index (Phi) is 7.70. The molecular weight excluding hydrogens is 348 g/mol. The maximum atomic E-state index is 11.7. The van der Waals surface area contributed by atoms with Crippen molar-refractivity contribution in [2.24, 2.45) is 0 Å². The second kappa shape index (κ2) is 10.0. The summed E-state index contributed by atoms with van der Waals surface area (Å²) in [4.78, 5) is 21.9. The Balaban J connectivity index is 1.53. The van der Waals surface area contributed by atoms with Gasteiger partial charge in [-0.15, -0.1) is 11.8 Å². The van der Waals surface area contributed by atoms with Gasteiger partial charge in [-0.3, -0.25) is 14.9 Å². The van der Waals surface area contributed by atoms with Gasteiger partial charge in [0.25, 0.3) is 5.69 Å². The summed E-state index contributed by atoms with van der Waals surface area (Å²) in [5, 5.41) is 13.4.